The Morgan fingerprint density at radius 2 is 2.07 bits per heavy atom. The Kier molecular flexibility index (Phi) is 6.51. The molecule has 0 radical (unpaired) electrons. The van der Waals surface area contributed by atoms with Crippen molar-refractivity contribution in [2.24, 2.45) is 9.98 Å². The van der Waals surface area contributed by atoms with Gasteiger partial charge in [-0.05, 0) is 42.4 Å². The lowest BCUT2D eigenvalue weighted by Crippen LogP contribution is -2.25. The average Bonchev–Trinajstić information content (AvgIpc) is 2.97. The van der Waals surface area contributed by atoms with E-state index in [2.05, 4.69) is 29.3 Å². The minimum atomic E-state index is 0.0230. The van der Waals surface area contributed by atoms with Crippen molar-refractivity contribution in [3.05, 3.63) is 71.3 Å². The molecule has 1 aromatic rings. The Labute approximate surface area is 161 Å². The molecule has 1 fully saturated rings. The number of hydrogen-bond acceptors (Lipinski definition) is 4. The third-order valence-corrected chi connectivity index (χ3v) is 5.13. The first kappa shape index (κ1) is 19.0. The Morgan fingerprint density at radius 1 is 1.22 bits per heavy atom. The fraction of sp³-hybridized carbons (Fsp3) is 0.348. The molecule has 0 spiro atoms. The van der Waals surface area contributed by atoms with Crippen LogP contribution in [0.2, 0.25) is 0 Å². The van der Waals surface area contributed by atoms with Gasteiger partial charge < -0.3 is 4.74 Å². The number of allylic oxidation sites excluding steroid dienone is 2. The standard InChI is InChI=1S/C23H25N3O/c1-25-23-14-18(21-9-4-3-7-19(21)15-24)11-13-22(23)26-16-17-6-5-8-20(27-2)12-10-17/h3-10,12,18,20H,11,13-14,16H2,1-2H3. The predicted octanol–water partition coefficient (Wildman–Crippen LogP) is 4.40. The van der Waals surface area contributed by atoms with Gasteiger partial charge in [0, 0.05) is 14.2 Å². The third-order valence-electron chi connectivity index (χ3n) is 5.13. The lowest BCUT2D eigenvalue weighted by Gasteiger charge is -2.26. The summed E-state index contributed by atoms with van der Waals surface area (Å²) < 4.78 is 5.34. The van der Waals surface area contributed by atoms with Crippen molar-refractivity contribution >= 4 is 11.4 Å². The summed E-state index contributed by atoms with van der Waals surface area (Å²) in [6.07, 6.45) is 13.0. The highest BCUT2D eigenvalue weighted by Crippen LogP contribution is 2.32. The van der Waals surface area contributed by atoms with E-state index in [1.165, 1.54) is 0 Å². The molecule has 1 aromatic carbocycles. The molecule has 2 aliphatic rings. The number of nitrogens with zero attached hydrogens (tertiary/aromatic N) is 3. The van der Waals surface area contributed by atoms with E-state index >= 15 is 0 Å². The van der Waals surface area contributed by atoms with Crippen LogP contribution in [0, 0.1) is 11.3 Å². The van der Waals surface area contributed by atoms with E-state index in [1.54, 1.807) is 7.11 Å². The average molecular weight is 359 g/mol. The number of methoxy groups -OCH3 is 1. The van der Waals surface area contributed by atoms with Crippen molar-refractivity contribution in [2.45, 2.75) is 31.3 Å². The van der Waals surface area contributed by atoms with E-state index in [-0.39, 0.29) is 6.10 Å². The molecule has 0 amide bonds. The molecule has 2 unspecified atom stereocenters. The maximum atomic E-state index is 9.38. The van der Waals surface area contributed by atoms with Crippen LogP contribution in [0.4, 0.5) is 0 Å². The van der Waals surface area contributed by atoms with E-state index in [0.29, 0.717) is 12.5 Å². The SMILES string of the molecule is CN=C1CC(c2ccccc2C#N)CCC1=NCC1=CC=CC(OC)C=C1. The third kappa shape index (κ3) is 4.69. The lowest BCUT2D eigenvalue weighted by atomic mass is 9.80. The molecule has 27 heavy (non-hydrogen) atoms. The minimum Gasteiger partial charge on any atom is -0.373 e. The molecular formula is C23H25N3O. The van der Waals surface area contributed by atoms with Crippen LogP contribution < -0.4 is 0 Å². The van der Waals surface area contributed by atoms with Crippen LogP contribution in [0.25, 0.3) is 0 Å². The quantitative estimate of drug-likeness (QED) is 0.800. The summed E-state index contributed by atoms with van der Waals surface area (Å²) in [5.41, 5.74) is 5.21. The summed E-state index contributed by atoms with van der Waals surface area (Å²) in [4.78, 5) is 9.35. The van der Waals surface area contributed by atoms with Crippen molar-refractivity contribution in [1.29, 1.82) is 5.26 Å². The number of benzene rings is 1. The van der Waals surface area contributed by atoms with Crippen molar-refractivity contribution in [2.75, 3.05) is 20.7 Å². The highest BCUT2D eigenvalue weighted by atomic mass is 16.5. The molecule has 4 heteroatoms. The zero-order chi connectivity index (χ0) is 19.1. The molecule has 0 aliphatic heterocycles. The van der Waals surface area contributed by atoms with Crippen LogP contribution in [0.15, 0.2) is 70.2 Å². The van der Waals surface area contributed by atoms with Crippen molar-refractivity contribution in [3.8, 4) is 6.07 Å². The molecule has 4 nitrogen and oxygen atoms in total. The fourth-order valence-corrected chi connectivity index (χ4v) is 3.60. The molecule has 0 N–H and O–H groups in total. The van der Waals surface area contributed by atoms with Crippen LogP contribution in [0.3, 0.4) is 0 Å². The molecule has 3 rings (SSSR count). The van der Waals surface area contributed by atoms with Crippen LogP contribution in [0.5, 0.6) is 0 Å². The molecule has 1 saturated carbocycles. The summed E-state index contributed by atoms with van der Waals surface area (Å²) in [7, 11) is 3.54. The van der Waals surface area contributed by atoms with Crippen LogP contribution >= 0.6 is 0 Å². The predicted molar refractivity (Wildman–Crippen MR) is 111 cm³/mol. The molecular weight excluding hydrogens is 334 g/mol. The Bertz CT molecular complexity index is 868. The topological polar surface area (TPSA) is 57.7 Å². The summed E-state index contributed by atoms with van der Waals surface area (Å²) in [5.74, 6) is 0.334. The second-order valence-corrected chi connectivity index (χ2v) is 6.76. The van der Waals surface area contributed by atoms with Crippen LogP contribution in [-0.4, -0.2) is 38.2 Å². The monoisotopic (exact) mass is 359 g/mol. The van der Waals surface area contributed by atoms with Gasteiger partial charge in [0.25, 0.3) is 0 Å². The summed E-state index contributed by atoms with van der Waals surface area (Å²) in [6.45, 7) is 0.644. The summed E-state index contributed by atoms with van der Waals surface area (Å²) >= 11 is 0. The maximum Gasteiger partial charge on any atom is 0.0994 e. The molecule has 138 valence electrons. The van der Waals surface area contributed by atoms with E-state index in [9.17, 15) is 5.26 Å². The maximum absolute atomic E-state index is 9.38. The number of rotatable bonds is 4. The lowest BCUT2D eigenvalue weighted by molar-refractivity contribution is 0.178. The van der Waals surface area contributed by atoms with Gasteiger partial charge in [0.15, 0.2) is 0 Å². The van der Waals surface area contributed by atoms with Crippen molar-refractivity contribution < 1.29 is 4.74 Å². The zero-order valence-electron chi connectivity index (χ0n) is 15.9. The van der Waals surface area contributed by atoms with Gasteiger partial charge in [-0.3, -0.25) is 9.98 Å². The number of aliphatic imine (C=N–C) groups is 2. The first-order valence-electron chi connectivity index (χ1n) is 9.32. The Balaban J connectivity index is 1.71. The highest BCUT2D eigenvalue weighted by Gasteiger charge is 2.25. The summed E-state index contributed by atoms with van der Waals surface area (Å²) in [5, 5.41) is 9.38. The van der Waals surface area contributed by atoms with E-state index < -0.39 is 0 Å². The summed E-state index contributed by atoms with van der Waals surface area (Å²) in [6, 6.07) is 10.2. The van der Waals surface area contributed by atoms with Crippen LogP contribution in [-0.2, 0) is 4.74 Å². The van der Waals surface area contributed by atoms with Gasteiger partial charge in [-0.2, -0.15) is 5.26 Å². The van der Waals surface area contributed by atoms with Gasteiger partial charge in [-0.25, -0.2) is 0 Å². The highest BCUT2D eigenvalue weighted by molar-refractivity contribution is 6.43. The fourth-order valence-electron chi connectivity index (χ4n) is 3.60. The molecule has 2 aliphatic carbocycles. The molecule has 0 saturated heterocycles. The van der Waals surface area contributed by atoms with Crippen molar-refractivity contribution in [3.63, 3.8) is 0 Å². The Hall–Kier alpha value is -2.77. The largest absolute Gasteiger partial charge is 0.373 e. The van der Waals surface area contributed by atoms with Gasteiger partial charge in [0.2, 0.25) is 0 Å². The van der Waals surface area contributed by atoms with Gasteiger partial charge in [-0.15, -0.1) is 0 Å². The van der Waals surface area contributed by atoms with Gasteiger partial charge in [-0.1, -0.05) is 48.6 Å². The smallest absolute Gasteiger partial charge is 0.0994 e. The van der Waals surface area contributed by atoms with Crippen LogP contribution in [0.1, 0.15) is 36.3 Å². The van der Waals surface area contributed by atoms with E-state index in [0.717, 1.165) is 47.4 Å². The zero-order valence-corrected chi connectivity index (χ0v) is 15.9. The number of nitriles is 1. The van der Waals surface area contributed by atoms with Gasteiger partial charge >= 0.3 is 0 Å². The van der Waals surface area contributed by atoms with Gasteiger partial charge in [0.1, 0.15) is 0 Å². The van der Waals surface area contributed by atoms with E-state index in [4.69, 9.17) is 9.73 Å². The number of ether oxygens (including phenoxy) is 1. The van der Waals surface area contributed by atoms with Gasteiger partial charge in [0.05, 0.1) is 35.7 Å². The molecule has 0 aromatic heterocycles. The Morgan fingerprint density at radius 3 is 2.85 bits per heavy atom. The normalized spacial score (nSPS) is 25.3. The minimum absolute atomic E-state index is 0.0230. The second kappa shape index (κ2) is 9.25. The number of hydrogen-bond donors (Lipinski definition) is 0. The molecule has 2 atom stereocenters. The first-order valence-corrected chi connectivity index (χ1v) is 9.32. The molecule has 0 heterocycles. The first-order chi connectivity index (χ1) is 13.2. The molecule has 0 bridgehead atoms. The van der Waals surface area contributed by atoms with E-state index in [1.807, 2.05) is 43.5 Å². The second-order valence-electron chi connectivity index (χ2n) is 6.76. The van der Waals surface area contributed by atoms with Crippen molar-refractivity contribution in [1.82, 2.24) is 0 Å².